The Morgan fingerprint density at radius 3 is 2.76 bits per heavy atom. The molecule has 1 rings (SSSR count). The maximum Gasteiger partial charge on any atom is 0.254 e. The van der Waals surface area contributed by atoms with Crippen molar-refractivity contribution in [1.29, 1.82) is 0 Å². The van der Waals surface area contributed by atoms with E-state index < -0.39 is 11.7 Å². The van der Waals surface area contributed by atoms with Crippen LogP contribution in [-0.4, -0.2) is 24.2 Å². The number of hydrogen-bond donors (Lipinski definition) is 3. The van der Waals surface area contributed by atoms with Crippen LogP contribution < -0.4 is 11.1 Å². The highest BCUT2D eigenvalue weighted by Gasteiger charge is 2.10. The van der Waals surface area contributed by atoms with Gasteiger partial charge < -0.3 is 16.2 Å². The topological polar surface area (TPSA) is 75.4 Å². The van der Waals surface area contributed by atoms with E-state index in [1.54, 1.807) is 0 Å². The van der Waals surface area contributed by atoms with E-state index in [1.807, 2.05) is 0 Å². The van der Waals surface area contributed by atoms with E-state index in [-0.39, 0.29) is 12.2 Å². The number of amides is 1. The Hall–Kier alpha value is -1.62. The zero-order valence-corrected chi connectivity index (χ0v) is 9.58. The average Bonchev–Trinajstić information content (AvgIpc) is 2.28. The molecule has 17 heavy (non-hydrogen) atoms. The summed E-state index contributed by atoms with van der Waals surface area (Å²) in [5, 5.41) is 11.2. The fraction of sp³-hybridized carbons (Fsp3) is 0.417. The SMILES string of the molecule is Nc1ccc(C(=O)NCCCCCO)c(F)c1. The molecule has 0 saturated carbocycles. The minimum atomic E-state index is -0.613. The molecule has 0 atom stereocenters. The molecule has 0 aliphatic heterocycles. The predicted molar refractivity (Wildman–Crippen MR) is 64.1 cm³/mol. The number of carbonyl (C=O) groups is 1. The number of halogens is 1. The van der Waals surface area contributed by atoms with Gasteiger partial charge in [-0.3, -0.25) is 4.79 Å². The van der Waals surface area contributed by atoms with Crippen molar-refractivity contribution in [2.45, 2.75) is 19.3 Å². The summed E-state index contributed by atoms with van der Waals surface area (Å²) in [6, 6.07) is 3.98. The third kappa shape index (κ3) is 4.40. The van der Waals surface area contributed by atoms with Gasteiger partial charge in [-0.15, -0.1) is 0 Å². The van der Waals surface area contributed by atoms with E-state index in [2.05, 4.69) is 5.32 Å². The highest BCUT2D eigenvalue weighted by atomic mass is 19.1. The number of hydrogen-bond acceptors (Lipinski definition) is 3. The van der Waals surface area contributed by atoms with Gasteiger partial charge in [-0.1, -0.05) is 0 Å². The Balaban J connectivity index is 2.42. The highest BCUT2D eigenvalue weighted by molar-refractivity contribution is 5.94. The number of nitrogen functional groups attached to an aromatic ring is 1. The van der Waals surface area contributed by atoms with E-state index in [9.17, 15) is 9.18 Å². The molecule has 0 heterocycles. The van der Waals surface area contributed by atoms with Crippen molar-refractivity contribution in [3.63, 3.8) is 0 Å². The summed E-state index contributed by atoms with van der Waals surface area (Å²) >= 11 is 0. The van der Waals surface area contributed by atoms with E-state index >= 15 is 0 Å². The van der Waals surface area contributed by atoms with E-state index in [0.29, 0.717) is 18.7 Å². The molecule has 0 radical (unpaired) electrons. The standard InChI is InChI=1S/C12H17FN2O2/c13-11-8-9(14)4-5-10(11)12(17)15-6-2-1-3-7-16/h4-5,8,16H,1-3,6-7,14H2,(H,15,17). The van der Waals surface area contributed by atoms with Crippen molar-refractivity contribution >= 4 is 11.6 Å². The fourth-order valence-electron chi connectivity index (χ4n) is 1.43. The fourth-order valence-corrected chi connectivity index (χ4v) is 1.43. The zero-order chi connectivity index (χ0) is 12.7. The molecule has 0 unspecified atom stereocenters. The first-order valence-corrected chi connectivity index (χ1v) is 5.59. The minimum Gasteiger partial charge on any atom is -0.399 e. The van der Waals surface area contributed by atoms with Crippen LogP contribution in [0.5, 0.6) is 0 Å². The summed E-state index contributed by atoms with van der Waals surface area (Å²) in [4.78, 5) is 11.6. The Kier molecular flexibility index (Phi) is 5.42. The van der Waals surface area contributed by atoms with Crippen molar-refractivity contribution in [2.24, 2.45) is 0 Å². The van der Waals surface area contributed by atoms with Crippen molar-refractivity contribution in [3.05, 3.63) is 29.6 Å². The zero-order valence-electron chi connectivity index (χ0n) is 9.58. The van der Waals surface area contributed by atoms with Gasteiger partial charge in [0, 0.05) is 18.8 Å². The maximum absolute atomic E-state index is 13.4. The van der Waals surface area contributed by atoms with Gasteiger partial charge in [0.25, 0.3) is 5.91 Å². The van der Waals surface area contributed by atoms with Crippen LogP contribution in [0, 0.1) is 5.82 Å². The van der Waals surface area contributed by atoms with Gasteiger partial charge in [-0.2, -0.15) is 0 Å². The number of carbonyl (C=O) groups excluding carboxylic acids is 1. The van der Waals surface area contributed by atoms with Crippen molar-refractivity contribution in [1.82, 2.24) is 5.32 Å². The molecule has 94 valence electrons. The number of aliphatic hydroxyl groups is 1. The molecule has 1 amide bonds. The number of unbranched alkanes of at least 4 members (excludes halogenated alkanes) is 2. The van der Waals surface area contributed by atoms with Gasteiger partial charge in [0.15, 0.2) is 0 Å². The lowest BCUT2D eigenvalue weighted by atomic mass is 10.1. The number of rotatable bonds is 6. The number of benzene rings is 1. The van der Waals surface area contributed by atoms with Gasteiger partial charge in [-0.25, -0.2) is 4.39 Å². The largest absolute Gasteiger partial charge is 0.399 e. The summed E-state index contributed by atoms with van der Waals surface area (Å²) < 4.78 is 13.4. The van der Waals surface area contributed by atoms with Crippen LogP contribution in [0.15, 0.2) is 18.2 Å². The van der Waals surface area contributed by atoms with Crippen LogP contribution in [0.25, 0.3) is 0 Å². The maximum atomic E-state index is 13.4. The summed E-state index contributed by atoms with van der Waals surface area (Å²) in [7, 11) is 0. The third-order valence-corrected chi connectivity index (χ3v) is 2.36. The van der Waals surface area contributed by atoms with Crippen LogP contribution in [0.1, 0.15) is 29.6 Å². The number of anilines is 1. The highest BCUT2D eigenvalue weighted by Crippen LogP contribution is 2.11. The van der Waals surface area contributed by atoms with E-state index in [0.717, 1.165) is 18.9 Å². The lowest BCUT2D eigenvalue weighted by Crippen LogP contribution is -2.25. The Morgan fingerprint density at radius 1 is 1.35 bits per heavy atom. The first-order chi connectivity index (χ1) is 8.15. The quantitative estimate of drug-likeness (QED) is 0.518. The van der Waals surface area contributed by atoms with Crippen LogP contribution in [0.4, 0.5) is 10.1 Å². The van der Waals surface area contributed by atoms with Gasteiger partial charge in [0.05, 0.1) is 5.56 Å². The van der Waals surface area contributed by atoms with Gasteiger partial charge in [-0.05, 0) is 37.5 Å². The first-order valence-electron chi connectivity index (χ1n) is 5.59. The number of aliphatic hydroxyl groups excluding tert-OH is 1. The molecule has 0 spiro atoms. The third-order valence-electron chi connectivity index (χ3n) is 2.36. The van der Waals surface area contributed by atoms with Crippen molar-refractivity contribution < 1.29 is 14.3 Å². The Morgan fingerprint density at radius 2 is 2.12 bits per heavy atom. The lowest BCUT2D eigenvalue weighted by Gasteiger charge is -2.06. The smallest absolute Gasteiger partial charge is 0.254 e. The summed E-state index contributed by atoms with van der Waals surface area (Å²) in [6.07, 6.45) is 2.32. The minimum absolute atomic E-state index is 0.00126. The van der Waals surface area contributed by atoms with Crippen LogP contribution in [0.3, 0.4) is 0 Å². The molecule has 0 saturated heterocycles. The monoisotopic (exact) mass is 240 g/mol. The summed E-state index contributed by atoms with van der Waals surface area (Å²) in [5.74, 6) is -1.05. The van der Waals surface area contributed by atoms with Crippen molar-refractivity contribution in [3.8, 4) is 0 Å². The van der Waals surface area contributed by atoms with Crippen LogP contribution in [-0.2, 0) is 0 Å². The molecule has 1 aromatic rings. The molecular weight excluding hydrogens is 223 g/mol. The van der Waals surface area contributed by atoms with Crippen LogP contribution >= 0.6 is 0 Å². The predicted octanol–water partition coefficient (Wildman–Crippen LogP) is 1.30. The molecule has 5 heteroatoms. The molecule has 0 aliphatic carbocycles. The summed E-state index contributed by atoms with van der Waals surface area (Å²) in [5.41, 5.74) is 5.68. The van der Waals surface area contributed by atoms with Gasteiger partial charge in [0.1, 0.15) is 5.82 Å². The normalized spacial score (nSPS) is 10.2. The van der Waals surface area contributed by atoms with Crippen LogP contribution in [0.2, 0.25) is 0 Å². The summed E-state index contributed by atoms with van der Waals surface area (Å²) in [6.45, 7) is 0.628. The molecule has 4 nitrogen and oxygen atoms in total. The lowest BCUT2D eigenvalue weighted by molar-refractivity contribution is 0.0949. The molecule has 0 bridgehead atoms. The molecule has 0 aliphatic rings. The molecule has 4 N–H and O–H groups in total. The first kappa shape index (κ1) is 13.4. The molecule has 1 aromatic carbocycles. The molecular formula is C12H17FN2O2. The molecule has 0 fully saturated rings. The molecule has 0 aromatic heterocycles. The average molecular weight is 240 g/mol. The van der Waals surface area contributed by atoms with Gasteiger partial charge >= 0.3 is 0 Å². The second kappa shape index (κ2) is 6.85. The Bertz CT molecular complexity index is 383. The van der Waals surface area contributed by atoms with Gasteiger partial charge in [0.2, 0.25) is 0 Å². The van der Waals surface area contributed by atoms with E-state index in [4.69, 9.17) is 10.8 Å². The van der Waals surface area contributed by atoms with E-state index in [1.165, 1.54) is 12.1 Å². The Labute approximate surface area is 99.6 Å². The number of nitrogens with one attached hydrogen (secondary N) is 1. The second-order valence-electron chi connectivity index (χ2n) is 3.78. The van der Waals surface area contributed by atoms with Crippen molar-refractivity contribution in [2.75, 3.05) is 18.9 Å². The number of nitrogens with two attached hydrogens (primary N) is 1. The second-order valence-corrected chi connectivity index (χ2v) is 3.78.